The Morgan fingerprint density at radius 2 is 1.93 bits per heavy atom. The lowest BCUT2D eigenvalue weighted by molar-refractivity contribution is -0.308. The minimum atomic E-state index is -1.31. The molecule has 1 aromatic heterocycles. The number of hydrogen-bond acceptors (Lipinski definition) is 6. The molecular formula is C21H26NO6-. The van der Waals surface area contributed by atoms with E-state index in [9.17, 15) is 19.5 Å². The van der Waals surface area contributed by atoms with Gasteiger partial charge in [0.2, 0.25) is 0 Å². The molecule has 0 unspecified atom stereocenters. The Labute approximate surface area is 163 Å². The molecule has 2 rings (SSSR count). The van der Waals surface area contributed by atoms with Gasteiger partial charge in [-0.2, -0.15) is 0 Å². The number of fused-ring (bicyclic) bond motifs is 1. The standard InChI is InChI=1S/C21H27NO6/c1-3-5-7-14-11-20(24)28-18-12-15(9-10-16(14)18)27-13-19(23)22-17(21(25)26)8-6-4-2/h9-12,17H,3-8,13H2,1-2H3,(H,22,23)(H,25,26)/p-1/t17-/m0/s1. The monoisotopic (exact) mass is 388 g/mol. The highest BCUT2D eigenvalue weighted by molar-refractivity contribution is 5.84. The molecule has 2 aromatic rings. The van der Waals surface area contributed by atoms with Gasteiger partial charge in [-0.15, -0.1) is 0 Å². The third kappa shape index (κ3) is 6.11. The number of benzene rings is 1. The van der Waals surface area contributed by atoms with Crippen LogP contribution in [0.15, 0.2) is 33.5 Å². The second-order valence-corrected chi connectivity index (χ2v) is 6.72. The molecule has 152 valence electrons. The summed E-state index contributed by atoms with van der Waals surface area (Å²) in [6.07, 6.45) is 4.57. The fraction of sp³-hybridized carbons (Fsp3) is 0.476. The molecule has 1 heterocycles. The zero-order valence-corrected chi connectivity index (χ0v) is 16.3. The van der Waals surface area contributed by atoms with Gasteiger partial charge in [-0.1, -0.05) is 33.1 Å². The molecule has 28 heavy (non-hydrogen) atoms. The Balaban J connectivity index is 2.05. The Hall–Kier alpha value is -2.83. The molecular weight excluding hydrogens is 362 g/mol. The molecule has 0 saturated carbocycles. The van der Waals surface area contributed by atoms with Crippen molar-refractivity contribution in [2.45, 2.75) is 58.4 Å². The lowest BCUT2D eigenvalue weighted by Crippen LogP contribution is -2.49. The van der Waals surface area contributed by atoms with Crippen LogP contribution < -0.4 is 20.8 Å². The van der Waals surface area contributed by atoms with Crippen LogP contribution in [0.3, 0.4) is 0 Å². The van der Waals surface area contributed by atoms with Crippen molar-refractivity contribution < 1.29 is 23.8 Å². The normalized spacial score (nSPS) is 11.9. The summed E-state index contributed by atoms with van der Waals surface area (Å²) in [5.74, 6) is -1.51. The van der Waals surface area contributed by atoms with Gasteiger partial charge < -0.3 is 24.4 Å². The summed E-state index contributed by atoms with van der Waals surface area (Å²) in [5, 5.41) is 14.3. The molecule has 0 fully saturated rings. The van der Waals surface area contributed by atoms with Crippen LogP contribution in [-0.2, 0) is 16.0 Å². The van der Waals surface area contributed by atoms with Crippen LogP contribution in [0.1, 0.15) is 51.5 Å². The zero-order chi connectivity index (χ0) is 20.5. The maximum atomic E-state index is 12.0. The number of carboxylic acids is 1. The highest BCUT2D eigenvalue weighted by Crippen LogP contribution is 2.23. The van der Waals surface area contributed by atoms with E-state index in [1.54, 1.807) is 18.2 Å². The smallest absolute Gasteiger partial charge is 0.336 e. The predicted octanol–water partition coefficient (Wildman–Crippen LogP) is 1.94. The molecule has 0 bridgehead atoms. The van der Waals surface area contributed by atoms with Crippen molar-refractivity contribution in [3.63, 3.8) is 0 Å². The van der Waals surface area contributed by atoms with Crippen molar-refractivity contribution in [2.75, 3.05) is 6.61 Å². The summed E-state index contributed by atoms with van der Waals surface area (Å²) in [6.45, 7) is 3.67. The molecule has 0 aliphatic carbocycles. The maximum Gasteiger partial charge on any atom is 0.336 e. The number of amides is 1. The number of ether oxygens (including phenoxy) is 1. The van der Waals surface area contributed by atoms with Crippen molar-refractivity contribution in [1.29, 1.82) is 0 Å². The minimum Gasteiger partial charge on any atom is -0.548 e. The number of carboxylic acid groups (broad SMARTS) is 1. The number of carbonyl (C=O) groups excluding carboxylic acids is 2. The average Bonchev–Trinajstić information content (AvgIpc) is 2.67. The van der Waals surface area contributed by atoms with Gasteiger partial charge in [0.1, 0.15) is 11.3 Å². The number of carbonyl (C=O) groups is 2. The Kier molecular flexibility index (Phi) is 8.04. The molecule has 0 aliphatic rings. The van der Waals surface area contributed by atoms with Gasteiger partial charge in [0.15, 0.2) is 6.61 Å². The van der Waals surface area contributed by atoms with E-state index >= 15 is 0 Å². The molecule has 0 spiro atoms. The third-order valence-electron chi connectivity index (χ3n) is 4.44. The van der Waals surface area contributed by atoms with E-state index in [2.05, 4.69) is 12.2 Å². The van der Waals surface area contributed by atoms with Crippen LogP contribution in [0.4, 0.5) is 0 Å². The number of unbranched alkanes of at least 4 members (excludes halogenated alkanes) is 2. The van der Waals surface area contributed by atoms with E-state index in [1.807, 2.05) is 6.92 Å². The molecule has 1 amide bonds. The summed E-state index contributed by atoms with van der Waals surface area (Å²) < 4.78 is 10.7. The van der Waals surface area contributed by atoms with Crippen molar-refractivity contribution in [2.24, 2.45) is 0 Å². The van der Waals surface area contributed by atoms with Gasteiger partial charge in [0.25, 0.3) is 5.91 Å². The average molecular weight is 388 g/mol. The quantitative estimate of drug-likeness (QED) is 0.589. The van der Waals surface area contributed by atoms with Gasteiger partial charge in [0, 0.05) is 17.5 Å². The first-order valence-electron chi connectivity index (χ1n) is 9.64. The summed E-state index contributed by atoms with van der Waals surface area (Å²) in [6, 6.07) is 5.52. The Morgan fingerprint density at radius 3 is 2.61 bits per heavy atom. The lowest BCUT2D eigenvalue weighted by atomic mass is 10.0. The van der Waals surface area contributed by atoms with Crippen molar-refractivity contribution in [3.8, 4) is 5.75 Å². The van der Waals surface area contributed by atoms with E-state index in [-0.39, 0.29) is 6.61 Å². The van der Waals surface area contributed by atoms with E-state index < -0.39 is 23.5 Å². The highest BCUT2D eigenvalue weighted by atomic mass is 16.5. The SMILES string of the molecule is CCCCc1cc(=O)oc2cc(OCC(=O)N[C@@H](CCCC)C(=O)[O-])ccc12. The number of nitrogens with one attached hydrogen (secondary N) is 1. The number of aryl methyl sites for hydroxylation is 1. The van der Waals surface area contributed by atoms with Gasteiger partial charge >= 0.3 is 5.63 Å². The summed E-state index contributed by atoms with van der Waals surface area (Å²) in [7, 11) is 0. The number of rotatable bonds is 11. The largest absolute Gasteiger partial charge is 0.548 e. The third-order valence-corrected chi connectivity index (χ3v) is 4.44. The molecule has 0 saturated heterocycles. The van der Waals surface area contributed by atoms with Gasteiger partial charge in [-0.25, -0.2) is 4.79 Å². The van der Waals surface area contributed by atoms with E-state index in [1.165, 1.54) is 6.07 Å². The van der Waals surface area contributed by atoms with Crippen LogP contribution in [-0.4, -0.2) is 24.5 Å². The molecule has 0 aliphatic heterocycles. The fourth-order valence-electron chi connectivity index (χ4n) is 2.92. The minimum absolute atomic E-state index is 0.312. The van der Waals surface area contributed by atoms with Crippen molar-refractivity contribution in [3.05, 3.63) is 40.2 Å². The van der Waals surface area contributed by atoms with Gasteiger partial charge in [-0.05, 0) is 37.0 Å². The summed E-state index contributed by atoms with van der Waals surface area (Å²) >= 11 is 0. The topological polar surface area (TPSA) is 109 Å². The molecule has 7 heteroatoms. The maximum absolute atomic E-state index is 12.0. The lowest BCUT2D eigenvalue weighted by Gasteiger charge is -2.19. The van der Waals surface area contributed by atoms with E-state index in [4.69, 9.17) is 9.15 Å². The Morgan fingerprint density at radius 1 is 1.18 bits per heavy atom. The molecule has 7 nitrogen and oxygen atoms in total. The second kappa shape index (κ2) is 10.5. The van der Waals surface area contributed by atoms with Gasteiger partial charge in [-0.3, -0.25) is 4.79 Å². The predicted molar refractivity (Wildman–Crippen MR) is 103 cm³/mol. The van der Waals surface area contributed by atoms with Crippen molar-refractivity contribution >= 4 is 22.8 Å². The molecule has 1 N–H and O–H groups in total. The van der Waals surface area contributed by atoms with Crippen LogP contribution in [0.2, 0.25) is 0 Å². The molecule has 0 radical (unpaired) electrons. The fourth-order valence-corrected chi connectivity index (χ4v) is 2.92. The van der Waals surface area contributed by atoms with E-state index in [0.717, 1.165) is 36.6 Å². The van der Waals surface area contributed by atoms with Gasteiger partial charge in [0.05, 0.1) is 12.0 Å². The second-order valence-electron chi connectivity index (χ2n) is 6.72. The highest BCUT2D eigenvalue weighted by Gasteiger charge is 2.14. The number of hydrogen-bond donors (Lipinski definition) is 1. The summed E-state index contributed by atoms with van der Waals surface area (Å²) in [4.78, 5) is 34.9. The van der Waals surface area contributed by atoms with Crippen LogP contribution in [0.5, 0.6) is 5.75 Å². The zero-order valence-electron chi connectivity index (χ0n) is 16.3. The Bertz CT molecular complexity index is 873. The summed E-state index contributed by atoms with van der Waals surface area (Å²) in [5.41, 5.74) is 0.887. The first-order valence-corrected chi connectivity index (χ1v) is 9.64. The first kappa shape index (κ1) is 21.5. The van der Waals surface area contributed by atoms with Crippen LogP contribution >= 0.6 is 0 Å². The van der Waals surface area contributed by atoms with Crippen LogP contribution in [0.25, 0.3) is 11.0 Å². The van der Waals surface area contributed by atoms with E-state index in [0.29, 0.717) is 24.2 Å². The first-order chi connectivity index (χ1) is 13.4. The molecule has 1 aromatic carbocycles. The van der Waals surface area contributed by atoms with Crippen molar-refractivity contribution in [1.82, 2.24) is 5.32 Å². The molecule has 1 atom stereocenters. The van der Waals surface area contributed by atoms with Crippen LogP contribution in [0, 0.1) is 0 Å². The number of aliphatic carboxylic acids is 1.